The minimum absolute atomic E-state index is 0. The summed E-state index contributed by atoms with van der Waals surface area (Å²) in [5.74, 6) is -1.79. The molecule has 2 atom stereocenters. The molecule has 0 aliphatic rings. The molecule has 0 aromatic rings. The molecule has 0 bridgehead atoms. The molecule has 0 spiro atoms. The minimum atomic E-state index is -0.663. The Morgan fingerprint density at radius 1 is 0.514 bits per heavy atom. The summed E-state index contributed by atoms with van der Waals surface area (Å²) in [7, 11) is 0. The van der Waals surface area contributed by atoms with Gasteiger partial charge in [0.15, 0.2) is 0 Å². The Balaban J connectivity index is 0. The Kier molecular flexibility index (Phi) is 31.5. The van der Waals surface area contributed by atoms with Gasteiger partial charge in [0, 0.05) is 0 Å². The summed E-state index contributed by atoms with van der Waals surface area (Å²) in [4.78, 5) is 23.2. The van der Waals surface area contributed by atoms with Gasteiger partial charge in [-0.25, -0.2) is 0 Å². The van der Waals surface area contributed by atoms with Crippen LogP contribution < -0.4 is 0 Å². The number of carbonyl (C=O) groups is 2. The van der Waals surface area contributed by atoms with Crippen LogP contribution in [0, 0.1) is 11.8 Å². The first kappa shape index (κ1) is 38.7. The second kappa shape index (κ2) is 30.1. The summed E-state index contributed by atoms with van der Waals surface area (Å²) >= 11 is 0. The SMILES string of the molecule is C=C/C=C/CCCCCCCC(CCCCCCC(CCCCCCC/C=C/C=C)C(=O)O)C(=O)O.[KH]. The first-order valence-electron chi connectivity index (χ1n) is 14.5. The van der Waals surface area contributed by atoms with Gasteiger partial charge in [0.05, 0.1) is 11.8 Å². The Morgan fingerprint density at radius 3 is 1.05 bits per heavy atom. The zero-order valence-corrected chi connectivity index (χ0v) is 22.9. The number of rotatable bonds is 27. The van der Waals surface area contributed by atoms with Crippen molar-refractivity contribution in [3.63, 3.8) is 0 Å². The standard InChI is InChI=1S/C32H54O4.K.H/c1-3-5-7-9-11-13-15-17-21-25-29(31(33)34)27-23-19-20-24-28-30(32(35)36)26-22-18-16-14-12-10-8-6-4-2;;/h3-8,29-30H,1-2,9-28H2,(H,33,34)(H,35,36);;/b7-5+,8-6+;;. The van der Waals surface area contributed by atoms with Gasteiger partial charge in [-0.2, -0.15) is 0 Å². The zero-order valence-electron chi connectivity index (χ0n) is 22.9. The molecular formula is C32H55KO4. The molecule has 0 rings (SSSR count). The van der Waals surface area contributed by atoms with Crippen LogP contribution in [-0.2, 0) is 9.59 Å². The third kappa shape index (κ3) is 26.9. The number of unbranched alkanes of at least 4 members (excludes halogenated alkanes) is 13. The molecule has 2 N–H and O–H groups in total. The van der Waals surface area contributed by atoms with E-state index in [2.05, 4.69) is 25.3 Å². The average Bonchev–Trinajstić information content (AvgIpc) is 2.85. The van der Waals surface area contributed by atoms with Crippen molar-refractivity contribution in [2.75, 3.05) is 0 Å². The summed E-state index contributed by atoms with van der Waals surface area (Å²) < 4.78 is 0. The van der Waals surface area contributed by atoms with Gasteiger partial charge in [-0.1, -0.05) is 127 Å². The van der Waals surface area contributed by atoms with Gasteiger partial charge in [0.1, 0.15) is 0 Å². The van der Waals surface area contributed by atoms with Crippen molar-refractivity contribution in [1.29, 1.82) is 0 Å². The van der Waals surface area contributed by atoms with Gasteiger partial charge in [-0.15, -0.1) is 0 Å². The van der Waals surface area contributed by atoms with E-state index < -0.39 is 11.9 Å². The third-order valence-electron chi connectivity index (χ3n) is 6.94. The number of allylic oxidation sites excluding steroid dienone is 6. The molecule has 2 unspecified atom stereocenters. The van der Waals surface area contributed by atoms with E-state index in [0.29, 0.717) is 0 Å². The molecule has 37 heavy (non-hydrogen) atoms. The Morgan fingerprint density at radius 2 is 0.784 bits per heavy atom. The molecule has 0 aliphatic heterocycles. The molecule has 0 saturated carbocycles. The topological polar surface area (TPSA) is 74.6 Å². The van der Waals surface area contributed by atoms with Crippen LogP contribution in [-0.4, -0.2) is 73.5 Å². The van der Waals surface area contributed by atoms with E-state index in [1.807, 2.05) is 12.2 Å². The number of aliphatic carboxylic acids is 2. The van der Waals surface area contributed by atoms with Gasteiger partial charge >= 0.3 is 63.3 Å². The normalized spacial score (nSPS) is 12.9. The monoisotopic (exact) mass is 542 g/mol. The van der Waals surface area contributed by atoms with Crippen LogP contribution in [0.4, 0.5) is 0 Å². The maximum atomic E-state index is 11.6. The maximum absolute atomic E-state index is 11.6. The predicted molar refractivity (Wildman–Crippen MR) is 160 cm³/mol. The number of hydrogen-bond acceptors (Lipinski definition) is 2. The van der Waals surface area contributed by atoms with Crippen LogP contribution in [0.25, 0.3) is 0 Å². The van der Waals surface area contributed by atoms with Crippen LogP contribution >= 0.6 is 0 Å². The first-order valence-corrected chi connectivity index (χ1v) is 14.5. The molecule has 0 aliphatic carbocycles. The van der Waals surface area contributed by atoms with Crippen molar-refractivity contribution in [1.82, 2.24) is 0 Å². The van der Waals surface area contributed by atoms with Gasteiger partial charge in [0.2, 0.25) is 0 Å². The molecule has 0 aromatic carbocycles. The fourth-order valence-electron chi connectivity index (χ4n) is 4.67. The van der Waals surface area contributed by atoms with E-state index in [1.165, 1.54) is 38.5 Å². The van der Waals surface area contributed by atoms with Crippen LogP contribution in [0.2, 0.25) is 0 Å². The van der Waals surface area contributed by atoms with Crippen molar-refractivity contribution in [2.45, 2.75) is 128 Å². The van der Waals surface area contributed by atoms with E-state index in [-0.39, 0.29) is 63.2 Å². The summed E-state index contributed by atoms with van der Waals surface area (Å²) in [5, 5.41) is 19.1. The molecule has 0 radical (unpaired) electrons. The molecule has 208 valence electrons. The Labute approximate surface area is 270 Å². The Hall–Kier alpha value is -0.464. The van der Waals surface area contributed by atoms with Crippen molar-refractivity contribution in [3.05, 3.63) is 49.6 Å². The summed E-state index contributed by atoms with van der Waals surface area (Å²) in [6.45, 7) is 7.33. The van der Waals surface area contributed by atoms with Crippen molar-refractivity contribution in [2.24, 2.45) is 11.8 Å². The zero-order chi connectivity index (χ0) is 26.7. The predicted octanol–water partition coefficient (Wildman–Crippen LogP) is 9.03. The van der Waals surface area contributed by atoms with Crippen molar-refractivity contribution >= 4 is 63.3 Å². The van der Waals surface area contributed by atoms with E-state index in [9.17, 15) is 19.8 Å². The van der Waals surface area contributed by atoms with E-state index in [4.69, 9.17) is 0 Å². The number of carboxylic acids is 2. The van der Waals surface area contributed by atoms with Gasteiger partial charge in [0.25, 0.3) is 0 Å². The molecule has 0 aromatic heterocycles. The summed E-state index contributed by atoms with van der Waals surface area (Å²) in [6.07, 6.45) is 32.2. The third-order valence-corrected chi connectivity index (χ3v) is 6.94. The molecule has 0 fully saturated rings. The molecule has 0 amide bonds. The average molecular weight is 543 g/mol. The van der Waals surface area contributed by atoms with Crippen molar-refractivity contribution in [3.8, 4) is 0 Å². The number of hydrogen-bond donors (Lipinski definition) is 2. The van der Waals surface area contributed by atoms with E-state index in [0.717, 1.165) is 89.9 Å². The quantitative estimate of drug-likeness (QED) is 0.0617. The molecule has 0 heterocycles. The summed E-state index contributed by atoms with van der Waals surface area (Å²) in [5.41, 5.74) is 0. The van der Waals surface area contributed by atoms with Gasteiger partial charge in [-0.3, -0.25) is 9.59 Å². The van der Waals surface area contributed by atoms with Crippen LogP contribution in [0.3, 0.4) is 0 Å². The van der Waals surface area contributed by atoms with Crippen LogP contribution in [0.5, 0.6) is 0 Å². The van der Waals surface area contributed by atoms with E-state index >= 15 is 0 Å². The van der Waals surface area contributed by atoms with Crippen LogP contribution in [0.15, 0.2) is 49.6 Å². The second-order valence-electron chi connectivity index (χ2n) is 10.1. The summed E-state index contributed by atoms with van der Waals surface area (Å²) in [6, 6.07) is 0. The fraction of sp³-hybridized carbons (Fsp3) is 0.688. The second-order valence-corrected chi connectivity index (χ2v) is 10.1. The number of carboxylic acid groups (broad SMARTS) is 2. The van der Waals surface area contributed by atoms with Gasteiger partial charge in [-0.05, 0) is 51.4 Å². The molecular weight excluding hydrogens is 487 g/mol. The molecule has 5 heteroatoms. The van der Waals surface area contributed by atoms with E-state index in [1.54, 1.807) is 12.2 Å². The molecule has 0 saturated heterocycles. The van der Waals surface area contributed by atoms with Crippen molar-refractivity contribution < 1.29 is 19.8 Å². The first-order chi connectivity index (χ1) is 17.5. The fourth-order valence-corrected chi connectivity index (χ4v) is 4.67. The molecule has 4 nitrogen and oxygen atoms in total. The van der Waals surface area contributed by atoms with Gasteiger partial charge < -0.3 is 10.2 Å². The van der Waals surface area contributed by atoms with Crippen LogP contribution in [0.1, 0.15) is 128 Å². The Bertz CT molecular complexity index is 572.